The lowest BCUT2D eigenvalue weighted by molar-refractivity contribution is -0.150. The first-order valence-corrected chi connectivity index (χ1v) is 9.00. The van der Waals surface area contributed by atoms with E-state index in [1.54, 1.807) is 23.5 Å². The number of carbonyl (C=O) groups excluding carboxylic acids is 2. The van der Waals surface area contributed by atoms with Crippen molar-refractivity contribution in [2.45, 2.75) is 31.9 Å². The van der Waals surface area contributed by atoms with E-state index in [1.165, 1.54) is 12.4 Å². The van der Waals surface area contributed by atoms with E-state index in [9.17, 15) is 9.59 Å². The Hall–Kier alpha value is -2.41. The zero-order valence-corrected chi connectivity index (χ0v) is 14.9. The lowest BCUT2D eigenvalue weighted by Crippen LogP contribution is -2.45. The maximum atomic E-state index is 12.6. The van der Waals surface area contributed by atoms with E-state index in [2.05, 4.69) is 9.97 Å². The highest BCUT2D eigenvalue weighted by molar-refractivity contribution is 6.30. The number of likely N-dealkylation sites (tertiary alicyclic amines) is 1. The molecule has 2 aliphatic rings. The highest BCUT2D eigenvalue weighted by atomic mass is 35.5. The summed E-state index contributed by atoms with van der Waals surface area (Å²) in [5.74, 6) is -0.240. The molecule has 8 heteroatoms. The van der Waals surface area contributed by atoms with Crippen LogP contribution in [-0.4, -0.2) is 50.5 Å². The number of imidazole rings is 1. The summed E-state index contributed by atoms with van der Waals surface area (Å²) < 4.78 is 7.52. The van der Waals surface area contributed by atoms with Crippen molar-refractivity contribution >= 4 is 23.5 Å². The summed E-state index contributed by atoms with van der Waals surface area (Å²) in [6.45, 7) is 1.67. The topological polar surface area (TPSA) is 77.3 Å². The second kappa shape index (κ2) is 6.72. The van der Waals surface area contributed by atoms with Gasteiger partial charge < -0.3 is 14.2 Å². The Bertz CT molecular complexity index is 816. The lowest BCUT2D eigenvalue weighted by atomic mass is 9.76. The number of nitrogens with zero attached hydrogens (tertiary/aromatic N) is 4. The van der Waals surface area contributed by atoms with Gasteiger partial charge in [0.15, 0.2) is 0 Å². The summed E-state index contributed by atoms with van der Waals surface area (Å²) in [5.41, 5.74) is -0.00495. The standard InChI is InChI=1S/C18H19ClN4O3/c19-14-7-13(9-21-10-14)16(24)23-4-1-18(2-5-23)8-15(26-17(18)25)11-22-6-3-20-12-22/h3,6-7,9-10,12,15H,1-2,4-5,8,11H2. The van der Waals surface area contributed by atoms with E-state index in [1.807, 2.05) is 10.8 Å². The molecule has 0 bridgehead atoms. The molecule has 0 N–H and O–H groups in total. The summed E-state index contributed by atoms with van der Waals surface area (Å²) in [7, 11) is 0. The van der Waals surface area contributed by atoms with Gasteiger partial charge in [-0.2, -0.15) is 0 Å². The highest BCUT2D eigenvalue weighted by Crippen LogP contribution is 2.43. The molecule has 0 aromatic carbocycles. The average Bonchev–Trinajstić information content (AvgIpc) is 3.24. The van der Waals surface area contributed by atoms with Crippen LogP contribution in [0.5, 0.6) is 0 Å². The zero-order valence-electron chi connectivity index (χ0n) is 14.2. The van der Waals surface area contributed by atoms with Crippen LogP contribution in [0.1, 0.15) is 29.6 Å². The summed E-state index contributed by atoms with van der Waals surface area (Å²) in [6.07, 6.45) is 10.1. The summed E-state index contributed by atoms with van der Waals surface area (Å²) in [5, 5.41) is 0.436. The Morgan fingerprint density at radius 3 is 2.81 bits per heavy atom. The second-order valence-electron chi connectivity index (χ2n) is 6.96. The normalized spacial score (nSPS) is 21.8. The Balaban J connectivity index is 1.39. The summed E-state index contributed by atoms with van der Waals surface area (Å²) in [4.78, 5) is 34.9. The molecule has 1 atom stereocenters. The minimum absolute atomic E-state index is 0.101. The first-order chi connectivity index (χ1) is 12.6. The van der Waals surface area contributed by atoms with Crippen molar-refractivity contribution in [3.8, 4) is 0 Å². The number of hydrogen-bond donors (Lipinski definition) is 0. The third-order valence-corrected chi connectivity index (χ3v) is 5.47. The fourth-order valence-electron chi connectivity index (χ4n) is 3.83. The van der Waals surface area contributed by atoms with Gasteiger partial charge >= 0.3 is 5.97 Å². The number of halogens is 1. The predicted molar refractivity (Wildman–Crippen MR) is 93.5 cm³/mol. The molecule has 4 rings (SSSR count). The van der Waals surface area contributed by atoms with E-state index >= 15 is 0 Å². The van der Waals surface area contributed by atoms with Crippen molar-refractivity contribution < 1.29 is 14.3 Å². The SMILES string of the molecule is O=C(c1cncc(Cl)c1)N1CCC2(CC1)CC(Cn1ccnc1)OC2=O. The molecule has 2 aromatic rings. The van der Waals surface area contributed by atoms with E-state index in [0.29, 0.717) is 49.5 Å². The zero-order chi connectivity index (χ0) is 18.1. The Labute approximate surface area is 155 Å². The number of piperidine rings is 1. The number of ether oxygens (including phenoxy) is 1. The first kappa shape index (κ1) is 17.0. The van der Waals surface area contributed by atoms with E-state index < -0.39 is 5.41 Å². The maximum Gasteiger partial charge on any atom is 0.312 e. The van der Waals surface area contributed by atoms with Gasteiger partial charge in [-0.05, 0) is 18.9 Å². The van der Waals surface area contributed by atoms with Gasteiger partial charge in [0.2, 0.25) is 0 Å². The third-order valence-electron chi connectivity index (χ3n) is 5.26. The molecule has 26 heavy (non-hydrogen) atoms. The molecule has 0 saturated carbocycles. The van der Waals surface area contributed by atoms with E-state index in [4.69, 9.17) is 16.3 Å². The van der Waals surface area contributed by atoms with Gasteiger partial charge in [0, 0.05) is 44.3 Å². The molecule has 0 aliphatic carbocycles. The Kier molecular flexibility index (Phi) is 4.40. The summed E-state index contributed by atoms with van der Waals surface area (Å²) >= 11 is 5.92. The monoisotopic (exact) mass is 374 g/mol. The second-order valence-corrected chi connectivity index (χ2v) is 7.39. The van der Waals surface area contributed by atoms with Crippen LogP contribution in [0.15, 0.2) is 37.2 Å². The average molecular weight is 375 g/mol. The molecule has 0 radical (unpaired) electrons. The van der Waals surface area contributed by atoms with Gasteiger partial charge in [-0.1, -0.05) is 11.6 Å². The molecule has 1 unspecified atom stereocenters. The number of carbonyl (C=O) groups is 2. The summed E-state index contributed by atoms with van der Waals surface area (Å²) in [6, 6.07) is 1.62. The number of amides is 1. The minimum atomic E-state index is -0.478. The molecule has 136 valence electrons. The van der Waals surface area contributed by atoms with Gasteiger partial charge in [0.05, 0.1) is 28.9 Å². The van der Waals surface area contributed by atoms with E-state index in [-0.39, 0.29) is 18.0 Å². The molecule has 2 saturated heterocycles. The first-order valence-electron chi connectivity index (χ1n) is 8.62. The number of cyclic esters (lactones) is 1. The number of rotatable bonds is 3. The largest absolute Gasteiger partial charge is 0.460 e. The van der Waals surface area contributed by atoms with Crippen LogP contribution in [0, 0.1) is 5.41 Å². The minimum Gasteiger partial charge on any atom is -0.460 e. The quantitative estimate of drug-likeness (QED) is 0.769. The molecule has 2 aromatic heterocycles. The number of hydrogen-bond acceptors (Lipinski definition) is 5. The molecule has 7 nitrogen and oxygen atoms in total. The molecule has 2 fully saturated rings. The Morgan fingerprint density at radius 2 is 2.12 bits per heavy atom. The van der Waals surface area contributed by atoms with Crippen molar-refractivity contribution in [2.24, 2.45) is 5.41 Å². The van der Waals surface area contributed by atoms with Gasteiger partial charge in [-0.3, -0.25) is 14.6 Å². The molecule has 1 amide bonds. The van der Waals surface area contributed by atoms with Crippen molar-refractivity contribution in [1.29, 1.82) is 0 Å². The number of aromatic nitrogens is 3. The molecule has 4 heterocycles. The molecule has 1 spiro atoms. The van der Waals surface area contributed by atoms with Gasteiger partial charge in [0.25, 0.3) is 5.91 Å². The fourth-order valence-corrected chi connectivity index (χ4v) is 4.00. The van der Waals surface area contributed by atoms with Crippen LogP contribution in [-0.2, 0) is 16.1 Å². The van der Waals surface area contributed by atoms with Crippen LogP contribution >= 0.6 is 11.6 Å². The van der Waals surface area contributed by atoms with Crippen LogP contribution < -0.4 is 0 Å². The van der Waals surface area contributed by atoms with Gasteiger partial charge in [-0.25, -0.2) is 4.98 Å². The number of pyridine rings is 1. The van der Waals surface area contributed by atoms with Crippen molar-refractivity contribution in [1.82, 2.24) is 19.4 Å². The van der Waals surface area contributed by atoms with Crippen LogP contribution in [0.2, 0.25) is 5.02 Å². The van der Waals surface area contributed by atoms with Crippen LogP contribution in [0.4, 0.5) is 0 Å². The molecular weight excluding hydrogens is 356 g/mol. The van der Waals surface area contributed by atoms with Gasteiger partial charge in [-0.15, -0.1) is 0 Å². The van der Waals surface area contributed by atoms with Crippen LogP contribution in [0.25, 0.3) is 0 Å². The Morgan fingerprint density at radius 1 is 1.31 bits per heavy atom. The highest BCUT2D eigenvalue weighted by Gasteiger charge is 2.50. The predicted octanol–water partition coefficient (Wildman–Crippen LogP) is 2.17. The molecular formula is C18H19ClN4O3. The third kappa shape index (κ3) is 3.19. The lowest BCUT2D eigenvalue weighted by Gasteiger charge is -2.36. The van der Waals surface area contributed by atoms with Gasteiger partial charge in [0.1, 0.15) is 6.10 Å². The fraction of sp³-hybridized carbons (Fsp3) is 0.444. The van der Waals surface area contributed by atoms with Crippen molar-refractivity contribution in [3.05, 3.63) is 47.8 Å². The maximum absolute atomic E-state index is 12.6. The van der Waals surface area contributed by atoms with Crippen LogP contribution in [0.3, 0.4) is 0 Å². The van der Waals surface area contributed by atoms with Crippen molar-refractivity contribution in [2.75, 3.05) is 13.1 Å². The van der Waals surface area contributed by atoms with Crippen molar-refractivity contribution in [3.63, 3.8) is 0 Å². The van der Waals surface area contributed by atoms with E-state index in [0.717, 1.165) is 0 Å². The smallest absolute Gasteiger partial charge is 0.312 e. The number of esters is 1. The molecule has 2 aliphatic heterocycles.